The lowest BCUT2D eigenvalue weighted by molar-refractivity contribution is 0.411. The van der Waals surface area contributed by atoms with Gasteiger partial charge in [-0.3, -0.25) is 0 Å². The van der Waals surface area contributed by atoms with Crippen molar-refractivity contribution in [2.24, 2.45) is 0 Å². The quantitative estimate of drug-likeness (QED) is 0.855. The molecule has 7 nitrogen and oxygen atoms in total. The summed E-state index contributed by atoms with van der Waals surface area (Å²) in [7, 11) is 1.09. The van der Waals surface area contributed by atoms with E-state index in [2.05, 4.69) is 9.82 Å². The van der Waals surface area contributed by atoms with E-state index >= 15 is 0 Å². The Bertz CT molecular complexity index is 710. The zero-order valence-corrected chi connectivity index (χ0v) is 13.0. The number of rotatable bonds is 6. The van der Waals surface area contributed by atoms with Crippen molar-refractivity contribution in [3.05, 3.63) is 42.2 Å². The summed E-state index contributed by atoms with van der Waals surface area (Å²) in [5, 5.41) is 4.23. The van der Waals surface area contributed by atoms with Gasteiger partial charge in [-0.25, -0.2) is 4.68 Å². The number of nitrogens with one attached hydrogen (secondary N) is 1. The van der Waals surface area contributed by atoms with E-state index in [4.69, 9.17) is 4.74 Å². The SMILES string of the molecule is COc1ccccc1-n1cc(CNS(=O)(=O)N(C)C)cn1. The third-order valence-corrected chi connectivity index (χ3v) is 4.38. The van der Waals surface area contributed by atoms with Gasteiger partial charge in [-0.1, -0.05) is 12.1 Å². The van der Waals surface area contributed by atoms with Gasteiger partial charge in [0, 0.05) is 32.4 Å². The number of hydrogen-bond donors (Lipinski definition) is 1. The summed E-state index contributed by atoms with van der Waals surface area (Å²) in [4.78, 5) is 0. The molecule has 1 aromatic carbocycles. The first-order valence-electron chi connectivity index (χ1n) is 6.28. The number of para-hydroxylation sites is 2. The maximum absolute atomic E-state index is 11.6. The van der Waals surface area contributed by atoms with Crippen molar-refractivity contribution in [2.45, 2.75) is 6.54 Å². The fourth-order valence-electron chi connectivity index (χ4n) is 1.71. The van der Waals surface area contributed by atoms with E-state index in [1.807, 2.05) is 24.3 Å². The van der Waals surface area contributed by atoms with Gasteiger partial charge in [0.2, 0.25) is 0 Å². The van der Waals surface area contributed by atoms with Crippen molar-refractivity contribution in [3.8, 4) is 11.4 Å². The lowest BCUT2D eigenvalue weighted by Gasteiger charge is -2.11. The summed E-state index contributed by atoms with van der Waals surface area (Å²) < 4.78 is 33.8. The van der Waals surface area contributed by atoms with Crippen LogP contribution in [0.15, 0.2) is 36.7 Å². The maximum atomic E-state index is 11.6. The average molecular weight is 310 g/mol. The summed E-state index contributed by atoms with van der Waals surface area (Å²) in [5.74, 6) is 0.695. The fourth-order valence-corrected chi connectivity index (χ4v) is 2.31. The smallest absolute Gasteiger partial charge is 0.279 e. The lowest BCUT2D eigenvalue weighted by Crippen LogP contribution is -2.35. The Morgan fingerprint density at radius 1 is 1.33 bits per heavy atom. The Morgan fingerprint density at radius 3 is 2.71 bits per heavy atom. The number of hydrogen-bond acceptors (Lipinski definition) is 4. The third-order valence-electron chi connectivity index (χ3n) is 2.91. The summed E-state index contributed by atoms with van der Waals surface area (Å²) >= 11 is 0. The van der Waals surface area contributed by atoms with Crippen molar-refractivity contribution in [2.75, 3.05) is 21.2 Å². The minimum Gasteiger partial charge on any atom is -0.494 e. The molecule has 0 fully saturated rings. The number of methoxy groups -OCH3 is 1. The third kappa shape index (κ3) is 3.60. The van der Waals surface area contributed by atoms with E-state index in [9.17, 15) is 8.42 Å². The van der Waals surface area contributed by atoms with Crippen molar-refractivity contribution >= 4 is 10.2 Å². The molecule has 0 aliphatic rings. The first-order valence-corrected chi connectivity index (χ1v) is 7.72. The van der Waals surface area contributed by atoms with Crippen LogP contribution < -0.4 is 9.46 Å². The van der Waals surface area contributed by atoms with E-state index in [-0.39, 0.29) is 6.54 Å². The van der Waals surface area contributed by atoms with E-state index in [1.54, 1.807) is 24.2 Å². The molecule has 2 aromatic rings. The van der Waals surface area contributed by atoms with Crippen molar-refractivity contribution in [1.29, 1.82) is 0 Å². The largest absolute Gasteiger partial charge is 0.494 e. The van der Waals surface area contributed by atoms with Crippen LogP contribution in [0.25, 0.3) is 5.69 Å². The molecule has 0 aliphatic carbocycles. The molecule has 0 saturated heterocycles. The predicted octanol–water partition coefficient (Wildman–Crippen LogP) is 0.777. The highest BCUT2D eigenvalue weighted by Crippen LogP contribution is 2.21. The topological polar surface area (TPSA) is 76.5 Å². The molecular weight excluding hydrogens is 292 g/mol. The Morgan fingerprint density at radius 2 is 2.05 bits per heavy atom. The molecule has 1 heterocycles. The molecule has 8 heteroatoms. The van der Waals surface area contributed by atoms with Gasteiger partial charge < -0.3 is 4.74 Å². The molecule has 0 spiro atoms. The normalized spacial score (nSPS) is 11.8. The zero-order chi connectivity index (χ0) is 15.5. The minimum atomic E-state index is -3.44. The maximum Gasteiger partial charge on any atom is 0.279 e. The van der Waals surface area contributed by atoms with Crippen molar-refractivity contribution < 1.29 is 13.2 Å². The number of ether oxygens (including phenoxy) is 1. The zero-order valence-electron chi connectivity index (χ0n) is 12.1. The highest BCUT2D eigenvalue weighted by molar-refractivity contribution is 7.87. The van der Waals surface area contributed by atoms with Crippen LogP contribution in [0.2, 0.25) is 0 Å². The minimum absolute atomic E-state index is 0.176. The van der Waals surface area contributed by atoms with E-state index in [0.717, 1.165) is 15.6 Å². The van der Waals surface area contributed by atoms with E-state index in [0.29, 0.717) is 5.75 Å². The van der Waals surface area contributed by atoms with Crippen LogP contribution in [-0.4, -0.2) is 43.7 Å². The van der Waals surface area contributed by atoms with Crippen LogP contribution in [0.5, 0.6) is 5.75 Å². The number of nitrogens with zero attached hydrogens (tertiary/aromatic N) is 3. The van der Waals surface area contributed by atoms with E-state index in [1.165, 1.54) is 14.1 Å². The summed E-state index contributed by atoms with van der Waals surface area (Å²) in [6, 6.07) is 7.47. The van der Waals surface area contributed by atoms with Crippen LogP contribution in [0, 0.1) is 0 Å². The van der Waals surface area contributed by atoms with Gasteiger partial charge >= 0.3 is 0 Å². The molecule has 1 N–H and O–H groups in total. The molecule has 0 amide bonds. The standard InChI is InChI=1S/C13H18N4O3S/c1-16(2)21(18,19)15-9-11-8-14-17(10-11)12-6-4-5-7-13(12)20-3/h4-8,10,15H,9H2,1-3H3. The molecule has 21 heavy (non-hydrogen) atoms. The molecular formula is C13H18N4O3S. The second-order valence-corrected chi connectivity index (χ2v) is 6.54. The summed E-state index contributed by atoms with van der Waals surface area (Å²) in [5.41, 5.74) is 1.55. The van der Waals surface area contributed by atoms with Crippen molar-refractivity contribution in [3.63, 3.8) is 0 Å². The van der Waals surface area contributed by atoms with Gasteiger partial charge in [0.25, 0.3) is 10.2 Å². The number of aromatic nitrogens is 2. The van der Waals surface area contributed by atoms with Gasteiger partial charge in [-0.05, 0) is 12.1 Å². The summed E-state index contributed by atoms with van der Waals surface area (Å²) in [6.45, 7) is 0.176. The molecule has 2 rings (SSSR count). The second kappa shape index (κ2) is 6.25. The Hall–Kier alpha value is -1.90. The van der Waals surface area contributed by atoms with Crippen LogP contribution in [0.1, 0.15) is 5.56 Å². The highest BCUT2D eigenvalue weighted by atomic mass is 32.2. The summed E-state index contributed by atoms with van der Waals surface area (Å²) in [6.07, 6.45) is 3.38. The molecule has 0 unspecified atom stereocenters. The number of benzene rings is 1. The van der Waals surface area contributed by atoms with Gasteiger partial charge in [-0.2, -0.15) is 22.5 Å². The first kappa shape index (κ1) is 15.5. The molecule has 114 valence electrons. The highest BCUT2D eigenvalue weighted by Gasteiger charge is 2.13. The molecule has 0 atom stereocenters. The van der Waals surface area contributed by atoms with E-state index < -0.39 is 10.2 Å². The van der Waals surface area contributed by atoms with Gasteiger partial charge in [0.1, 0.15) is 11.4 Å². The lowest BCUT2D eigenvalue weighted by atomic mass is 10.3. The average Bonchev–Trinajstić information content (AvgIpc) is 2.94. The molecule has 0 saturated carbocycles. The Kier molecular flexibility index (Phi) is 4.61. The molecule has 0 bridgehead atoms. The molecule has 0 aliphatic heterocycles. The monoisotopic (exact) mass is 310 g/mol. The Balaban J connectivity index is 2.15. The van der Waals surface area contributed by atoms with Crippen molar-refractivity contribution in [1.82, 2.24) is 18.8 Å². The van der Waals surface area contributed by atoms with Crippen LogP contribution in [-0.2, 0) is 16.8 Å². The van der Waals surface area contributed by atoms with Gasteiger partial charge in [0.15, 0.2) is 0 Å². The molecule has 0 radical (unpaired) electrons. The Labute approximate surface area is 124 Å². The van der Waals surface area contributed by atoms with Crippen LogP contribution >= 0.6 is 0 Å². The van der Waals surface area contributed by atoms with Crippen LogP contribution in [0.4, 0.5) is 0 Å². The van der Waals surface area contributed by atoms with Crippen LogP contribution in [0.3, 0.4) is 0 Å². The first-order chi connectivity index (χ1) is 9.94. The van der Waals surface area contributed by atoms with Gasteiger partial charge in [-0.15, -0.1) is 0 Å². The fraction of sp³-hybridized carbons (Fsp3) is 0.308. The molecule has 1 aromatic heterocycles. The van der Waals surface area contributed by atoms with Gasteiger partial charge in [0.05, 0.1) is 13.3 Å². The predicted molar refractivity (Wildman–Crippen MR) is 79.6 cm³/mol. The second-order valence-electron chi connectivity index (χ2n) is 4.57.